The Morgan fingerprint density at radius 3 is 2.11 bits per heavy atom. The van der Waals surface area contributed by atoms with Crippen molar-refractivity contribution in [3.05, 3.63) is 29.8 Å². The number of hydrogen-bond acceptors (Lipinski definition) is 4. The van der Waals surface area contributed by atoms with Gasteiger partial charge in [0.05, 0.1) is 11.4 Å². The molecule has 0 saturated heterocycles. The molecule has 1 aromatic rings. The zero-order valence-corrected chi connectivity index (χ0v) is 17.6. The number of nitrogens with one attached hydrogen (secondary N) is 2. The normalized spacial score (nSPS) is 15.8. The molecule has 2 N–H and O–H groups in total. The van der Waals surface area contributed by atoms with Gasteiger partial charge in [0.2, 0.25) is 15.9 Å². The summed E-state index contributed by atoms with van der Waals surface area (Å²) in [7, 11) is -3.55. The maximum absolute atomic E-state index is 12.5. The van der Waals surface area contributed by atoms with E-state index >= 15 is 0 Å². The van der Waals surface area contributed by atoms with Crippen LogP contribution in [-0.2, 0) is 14.8 Å². The number of sulfonamides is 1. The van der Waals surface area contributed by atoms with Crippen molar-refractivity contribution in [1.82, 2.24) is 14.9 Å². The molecule has 1 aliphatic rings. The Balaban J connectivity index is 1.89. The van der Waals surface area contributed by atoms with Gasteiger partial charge in [-0.15, -0.1) is 0 Å². The molecule has 2 amide bonds. The highest BCUT2D eigenvalue weighted by molar-refractivity contribution is 7.89. The van der Waals surface area contributed by atoms with Crippen molar-refractivity contribution in [3.63, 3.8) is 0 Å². The first-order chi connectivity index (χ1) is 13.4. The molecule has 1 fully saturated rings. The molecule has 0 spiro atoms. The molecule has 0 bridgehead atoms. The number of benzene rings is 1. The van der Waals surface area contributed by atoms with E-state index in [1.807, 2.05) is 0 Å². The van der Waals surface area contributed by atoms with E-state index < -0.39 is 15.9 Å². The van der Waals surface area contributed by atoms with E-state index in [0.29, 0.717) is 18.7 Å². The number of carbonyl (C=O) groups excluding carboxylic acids is 2. The summed E-state index contributed by atoms with van der Waals surface area (Å²) in [6.45, 7) is 4.25. The lowest BCUT2D eigenvalue weighted by Gasteiger charge is -2.18. The highest BCUT2D eigenvalue weighted by Crippen LogP contribution is 2.17. The molecule has 28 heavy (non-hydrogen) atoms. The number of rotatable bonds is 8. The van der Waals surface area contributed by atoms with Crippen LogP contribution in [0.2, 0.25) is 0 Å². The molecule has 0 unspecified atom stereocenters. The van der Waals surface area contributed by atoms with Crippen molar-refractivity contribution in [2.24, 2.45) is 0 Å². The van der Waals surface area contributed by atoms with Crippen molar-refractivity contribution >= 4 is 21.8 Å². The molecule has 1 aliphatic carbocycles. The minimum Gasteiger partial charge on any atom is -0.352 e. The zero-order valence-electron chi connectivity index (χ0n) is 16.7. The van der Waals surface area contributed by atoms with Crippen LogP contribution in [0.15, 0.2) is 29.2 Å². The summed E-state index contributed by atoms with van der Waals surface area (Å²) >= 11 is 0. The van der Waals surface area contributed by atoms with E-state index in [4.69, 9.17) is 0 Å². The van der Waals surface area contributed by atoms with Crippen molar-refractivity contribution in [1.29, 1.82) is 0 Å². The highest BCUT2D eigenvalue weighted by Gasteiger charge is 2.22. The predicted octanol–water partition coefficient (Wildman–Crippen LogP) is 2.29. The van der Waals surface area contributed by atoms with Gasteiger partial charge in [-0.2, -0.15) is 4.31 Å². The number of nitrogens with zero attached hydrogens (tertiary/aromatic N) is 1. The molecular formula is C20H31N3O4S. The van der Waals surface area contributed by atoms with Gasteiger partial charge in [-0.1, -0.05) is 39.5 Å². The van der Waals surface area contributed by atoms with Gasteiger partial charge in [0.25, 0.3) is 5.91 Å². The fraction of sp³-hybridized carbons (Fsp3) is 0.600. The van der Waals surface area contributed by atoms with Crippen LogP contribution >= 0.6 is 0 Å². The van der Waals surface area contributed by atoms with Gasteiger partial charge in [-0.3, -0.25) is 9.59 Å². The smallest absolute Gasteiger partial charge is 0.251 e. The van der Waals surface area contributed by atoms with Gasteiger partial charge in [0.1, 0.15) is 0 Å². The zero-order chi connectivity index (χ0) is 20.6. The lowest BCUT2D eigenvalue weighted by atomic mass is 10.1. The summed E-state index contributed by atoms with van der Waals surface area (Å²) in [5.74, 6) is -0.594. The van der Waals surface area contributed by atoms with Gasteiger partial charge in [-0.05, 0) is 37.1 Å². The average Bonchev–Trinajstić information content (AvgIpc) is 2.95. The van der Waals surface area contributed by atoms with Gasteiger partial charge in [0, 0.05) is 24.7 Å². The Bertz CT molecular complexity index is 750. The summed E-state index contributed by atoms with van der Waals surface area (Å²) < 4.78 is 26.3. The van der Waals surface area contributed by atoms with Gasteiger partial charge in [-0.25, -0.2) is 8.42 Å². The Kier molecular flexibility index (Phi) is 8.44. The lowest BCUT2D eigenvalue weighted by Crippen LogP contribution is -2.41. The molecule has 0 radical (unpaired) electrons. The minimum atomic E-state index is -3.55. The molecule has 2 rings (SSSR count). The third kappa shape index (κ3) is 6.04. The highest BCUT2D eigenvalue weighted by atomic mass is 32.2. The van der Waals surface area contributed by atoms with Crippen LogP contribution in [0.5, 0.6) is 0 Å². The molecule has 1 saturated carbocycles. The summed E-state index contributed by atoms with van der Waals surface area (Å²) in [6.07, 6.45) is 6.65. The summed E-state index contributed by atoms with van der Waals surface area (Å²) in [5.41, 5.74) is 0.320. The molecule has 0 aromatic heterocycles. The van der Waals surface area contributed by atoms with Crippen molar-refractivity contribution < 1.29 is 18.0 Å². The van der Waals surface area contributed by atoms with E-state index in [2.05, 4.69) is 10.6 Å². The second kappa shape index (κ2) is 10.6. The minimum absolute atomic E-state index is 0.0885. The molecule has 156 valence electrons. The van der Waals surface area contributed by atoms with E-state index in [1.54, 1.807) is 13.8 Å². The maximum Gasteiger partial charge on any atom is 0.251 e. The number of hydrogen-bond donors (Lipinski definition) is 2. The average molecular weight is 410 g/mol. The van der Waals surface area contributed by atoms with Crippen LogP contribution in [-0.4, -0.2) is 50.2 Å². The largest absolute Gasteiger partial charge is 0.352 e. The SMILES string of the molecule is CCN(CC)S(=O)(=O)c1ccc(C(=O)NCC(=O)NC2CCCCCC2)cc1. The second-order valence-corrected chi connectivity index (χ2v) is 8.99. The molecule has 8 heteroatoms. The first-order valence-corrected chi connectivity index (χ1v) is 11.5. The number of amides is 2. The molecule has 0 heterocycles. The standard InChI is InChI=1S/C20H31N3O4S/c1-3-23(4-2)28(26,27)18-13-11-16(12-14-18)20(25)21-15-19(24)22-17-9-7-5-6-8-10-17/h11-14,17H,3-10,15H2,1-2H3,(H,21,25)(H,22,24). The maximum atomic E-state index is 12.5. The van der Waals surface area contributed by atoms with Crippen molar-refractivity contribution in [2.75, 3.05) is 19.6 Å². The summed E-state index contributed by atoms with van der Waals surface area (Å²) in [6, 6.07) is 5.98. The fourth-order valence-corrected chi connectivity index (χ4v) is 4.91. The Morgan fingerprint density at radius 2 is 1.57 bits per heavy atom. The first-order valence-electron chi connectivity index (χ1n) is 10.1. The van der Waals surface area contributed by atoms with E-state index in [-0.39, 0.29) is 23.4 Å². The Labute approximate surface area is 167 Å². The predicted molar refractivity (Wildman–Crippen MR) is 109 cm³/mol. The van der Waals surface area contributed by atoms with Gasteiger partial charge >= 0.3 is 0 Å². The molecule has 7 nitrogen and oxygen atoms in total. The van der Waals surface area contributed by atoms with Gasteiger partial charge < -0.3 is 10.6 Å². The van der Waals surface area contributed by atoms with Gasteiger partial charge in [0.15, 0.2) is 0 Å². The third-order valence-electron chi connectivity index (χ3n) is 5.09. The summed E-state index contributed by atoms with van der Waals surface area (Å²) in [5, 5.41) is 5.58. The van der Waals surface area contributed by atoms with E-state index in [9.17, 15) is 18.0 Å². The van der Waals surface area contributed by atoms with E-state index in [1.165, 1.54) is 41.4 Å². The third-order valence-corrected chi connectivity index (χ3v) is 7.15. The monoisotopic (exact) mass is 409 g/mol. The van der Waals surface area contributed by atoms with Crippen LogP contribution < -0.4 is 10.6 Å². The molecular weight excluding hydrogens is 378 g/mol. The number of carbonyl (C=O) groups is 2. The molecule has 0 atom stereocenters. The van der Waals surface area contributed by atoms with Crippen LogP contribution in [0.25, 0.3) is 0 Å². The van der Waals surface area contributed by atoms with Crippen LogP contribution in [0.1, 0.15) is 62.7 Å². The summed E-state index contributed by atoms with van der Waals surface area (Å²) in [4.78, 5) is 24.5. The van der Waals surface area contributed by atoms with Crippen molar-refractivity contribution in [3.8, 4) is 0 Å². The fourth-order valence-electron chi connectivity index (χ4n) is 3.46. The van der Waals surface area contributed by atoms with Crippen LogP contribution in [0.4, 0.5) is 0 Å². The Hall–Kier alpha value is -1.93. The Morgan fingerprint density at radius 1 is 1.00 bits per heavy atom. The molecule has 1 aromatic carbocycles. The van der Waals surface area contributed by atoms with Crippen LogP contribution in [0, 0.1) is 0 Å². The van der Waals surface area contributed by atoms with Crippen LogP contribution in [0.3, 0.4) is 0 Å². The van der Waals surface area contributed by atoms with E-state index in [0.717, 1.165) is 25.7 Å². The first kappa shape index (κ1) is 22.4. The quantitative estimate of drug-likeness (QED) is 0.644. The van der Waals surface area contributed by atoms with Crippen molar-refractivity contribution in [2.45, 2.75) is 63.3 Å². The lowest BCUT2D eigenvalue weighted by molar-refractivity contribution is -0.120. The molecule has 0 aliphatic heterocycles. The second-order valence-electron chi connectivity index (χ2n) is 7.05. The topological polar surface area (TPSA) is 95.6 Å².